The number of amides is 1. The molecule has 1 aromatic carbocycles. The van der Waals surface area contributed by atoms with E-state index in [-0.39, 0.29) is 22.2 Å². The summed E-state index contributed by atoms with van der Waals surface area (Å²) >= 11 is 12.5. The van der Waals surface area contributed by atoms with Crippen molar-refractivity contribution in [3.63, 3.8) is 0 Å². The number of ether oxygens (including phenoxy) is 1. The average Bonchev–Trinajstić information content (AvgIpc) is 2.74. The molecule has 1 aromatic heterocycles. The Hall–Kier alpha value is -2.07. The van der Waals surface area contributed by atoms with E-state index in [1.54, 1.807) is 6.07 Å². The van der Waals surface area contributed by atoms with Gasteiger partial charge in [-0.2, -0.15) is 0 Å². The number of hydrogen-bond donors (Lipinski definition) is 1. The minimum Gasteiger partial charge on any atom is -0.378 e. The largest absolute Gasteiger partial charge is 0.378 e. The van der Waals surface area contributed by atoms with Gasteiger partial charge in [0.2, 0.25) is 10.0 Å². The SMILES string of the molecule is O=C(Nc1cc(Cl)cc(N2CCOCC2)c1)c1cc(N2CCCCS2(=O)=O)ncc1Cl. The van der Waals surface area contributed by atoms with E-state index < -0.39 is 15.9 Å². The lowest BCUT2D eigenvalue weighted by Crippen LogP contribution is -2.38. The number of sulfonamides is 1. The summed E-state index contributed by atoms with van der Waals surface area (Å²) in [5, 5.41) is 3.43. The van der Waals surface area contributed by atoms with Crippen molar-refractivity contribution in [1.29, 1.82) is 0 Å². The Morgan fingerprint density at radius 2 is 1.84 bits per heavy atom. The summed E-state index contributed by atoms with van der Waals surface area (Å²) in [6.45, 7) is 3.05. The van der Waals surface area contributed by atoms with E-state index in [1.807, 2.05) is 12.1 Å². The predicted molar refractivity (Wildman–Crippen MR) is 122 cm³/mol. The molecule has 0 unspecified atom stereocenters. The summed E-state index contributed by atoms with van der Waals surface area (Å²) in [7, 11) is -3.45. The van der Waals surface area contributed by atoms with Gasteiger partial charge in [0.15, 0.2) is 0 Å². The number of pyridine rings is 1. The van der Waals surface area contributed by atoms with Gasteiger partial charge >= 0.3 is 0 Å². The van der Waals surface area contributed by atoms with Crippen molar-refractivity contribution in [3.8, 4) is 0 Å². The lowest BCUT2D eigenvalue weighted by molar-refractivity contribution is 0.102. The Labute approximate surface area is 191 Å². The van der Waals surface area contributed by atoms with E-state index in [4.69, 9.17) is 27.9 Å². The molecule has 2 aromatic rings. The zero-order valence-corrected chi connectivity index (χ0v) is 19.0. The first-order valence-electron chi connectivity index (χ1n) is 9.94. The highest BCUT2D eigenvalue weighted by Gasteiger charge is 2.28. The van der Waals surface area contributed by atoms with Crippen LogP contribution in [0.3, 0.4) is 0 Å². The molecule has 0 aliphatic carbocycles. The Balaban J connectivity index is 1.58. The molecule has 2 aliphatic heterocycles. The van der Waals surface area contributed by atoms with Gasteiger partial charge in [0.05, 0.1) is 29.6 Å². The summed E-state index contributed by atoms with van der Waals surface area (Å²) in [6.07, 6.45) is 2.64. The molecular formula is C20H22Cl2N4O4S. The molecule has 11 heteroatoms. The van der Waals surface area contributed by atoms with Crippen molar-refractivity contribution in [3.05, 3.63) is 46.1 Å². The standard InChI is InChI=1S/C20H22Cl2N4O4S/c21-14-9-15(11-16(10-14)25-4-6-30-7-5-25)24-20(27)17-12-19(23-13-18(17)22)26-3-1-2-8-31(26,28)29/h9-13H,1-8H2,(H,24,27). The molecule has 3 heterocycles. The summed E-state index contributed by atoms with van der Waals surface area (Å²) in [6, 6.07) is 6.73. The third kappa shape index (κ3) is 5.06. The fourth-order valence-electron chi connectivity index (χ4n) is 3.63. The molecule has 166 valence electrons. The summed E-state index contributed by atoms with van der Waals surface area (Å²) in [5.41, 5.74) is 1.53. The zero-order valence-electron chi connectivity index (χ0n) is 16.7. The number of nitrogens with one attached hydrogen (secondary N) is 1. The van der Waals surface area contributed by atoms with Crippen LogP contribution in [0.15, 0.2) is 30.5 Å². The van der Waals surface area contributed by atoms with Gasteiger partial charge in [-0.15, -0.1) is 0 Å². The van der Waals surface area contributed by atoms with Gasteiger partial charge in [0, 0.05) is 42.2 Å². The Kier molecular flexibility index (Phi) is 6.57. The van der Waals surface area contributed by atoms with Crippen molar-refractivity contribution in [2.24, 2.45) is 0 Å². The number of aromatic nitrogens is 1. The van der Waals surface area contributed by atoms with Crippen molar-refractivity contribution in [2.45, 2.75) is 12.8 Å². The van der Waals surface area contributed by atoms with Gasteiger partial charge in [-0.25, -0.2) is 13.4 Å². The van der Waals surface area contributed by atoms with Crippen molar-refractivity contribution >= 4 is 56.3 Å². The Bertz CT molecular complexity index is 1090. The van der Waals surface area contributed by atoms with E-state index in [1.165, 1.54) is 16.6 Å². The topological polar surface area (TPSA) is 91.8 Å². The monoisotopic (exact) mass is 484 g/mol. The van der Waals surface area contributed by atoms with Gasteiger partial charge < -0.3 is 15.0 Å². The number of carbonyl (C=O) groups excluding carboxylic acids is 1. The van der Waals surface area contributed by atoms with Gasteiger partial charge in [-0.3, -0.25) is 9.10 Å². The van der Waals surface area contributed by atoms with Crippen molar-refractivity contribution in [1.82, 2.24) is 4.98 Å². The third-order valence-electron chi connectivity index (χ3n) is 5.21. The first kappa shape index (κ1) is 22.1. The van der Waals surface area contributed by atoms with E-state index >= 15 is 0 Å². The molecule has 1 N–H and O–H groups in total. The van der Waals surface area contributed by atoms with E-state index in [0.717, 1.165) is 25.2 Å². The van der Waals surface area contributed by atoms with Crippen LogP contribution >= 0.6 is 23.2 Å². The summed E-state index contributed by atoms with van der Waals surface area (Å²) < 4.78 is 31.4. The molecule has 0 bridgehead atoms. The maximum absolute atomic E-state index is 13.0. The first-order valence-corrected chi connectivity index (χ1v) is 12.3. The van der Waals surface area contributed by atoms with Crippen LogP contribution in [0.1, 0.15) is 23.2 Å². The molecule has 1 amide bonds. The first-order chi connectivity index (χ1) is 14.8. The Morgan fingerprint density at radius 1 is 1.06 bits per heavy atom. The minimum absolute atomic E-state index is 0.0612. The highest BCUT2D eigenvalue weighted by molar-refractivity contribution is 7.92. The number of halogens is 2. The Morgan fingerprint density at radius 3 is 2.58 bits per heavy atom. The fraction of sp³-hybridized carbons (Fsp3) is 0.400. The lowest BCUT2D eigenvalue weighted by atomic mass is 10.2. The van der Waals surface area contributed by atoms with Crippen LogP contribution in [-0.4, -0.2) is 57.9 Å². The highest BCUT2D eigenvalue weighted by Crippen LogP contribution is 2.29. The van der Waals surface area contributed by atoms with Gasteiger partial charge in [0.25, 0.3) is 5.91 Å². The van der Waals surface area contributed by atoms with E-state index in [2.05, 4.69) is 15.2 Å². The second-order valence-electron chi connectivity index (χ2n) is 7.37. The number of nitrogens with zero attached hydrogens (tertiary/aromatic N) is 3. The molecule has 2 fully saturated rings. The van der Waals surface area contributed by atoms with Gasteiger partial charge in [0.1, 0.15) is 5.82 Å². The van der Waals surface area contributed by atoms with E-state index in [0.29, 0.717) is 36.9 Å². The van der Waals surface area contributed by atoms with Gasteiger partial charge in [-0.05, 0) is 37.1 Å². The van der Waals surface area contributed by atoms with Crippen LogP contribution in [0, 0.1) is 0 Å². The predicted octanol–water partition coefficient (Wildman–Crippen LogP) is 3.41. The number of hydrogen-bond acceptors (Lipinski definition) is 6. The zero-order chi connectivity index (χ0) is 22.0. The van der Waals surface area contributed by atoms with Crippen LogP contribution in [0.4, 0.5) is 17.2 Å². The maximum Gasteiger partial charge on any atom is 0.257 e. The van der Waals surface area contributed by atoms with Crippen LogP contribution in [-0.2, 0) is 14.8 Å². The molecule has 0 radical (unpaired) electrons. The van der Waals surface area contributed by atoms with Crippen molar-refractivity contribution < 1.29 is 17.9 Å². The molecule has 2 aliphatic rings. The lowest BCUT2D eigenvalue weighted by Gasteiger charge is -2.29. The number of carbonyl (C=O) groups is 1. The van der Waals surface area contributed by atoms with E-state index in [9.17, 15) is 13.2 Å². The molecule has 4 rings (SSSR count). The minimum atomic E-state index is -3.45. The summed E-state index contributed by atoms with van der Waals surface area (Å²) in [4.78, 5) is 19.2. The summed E-state index contributed by atoms with van der Waals surface area (Å²) in [5.74, 6) is -0.223. The normalized spacial score (nSPS) is 18.6. The molecule has 0 spiro atoms. The smallest absolute Gasteiger partial charge is 0.257 e. The molecule has 0 saturated carbocycles. The van der Waals surface area contributed by atoms with Crippen molar-refractivity contribution in [2.75, 3.05) is 53.1 Å². The quantitative estimate of drug-likeness (QED) is 0.714. The number of benzene rings is 1. The van der Waals surface area contributed by atoms with Gasteiger partial charge in [-0.1, -0.05) is 23.2 Å². The van der Waals surface area contributed by atoms with Crippen LogP contribution in [0.2, 0.25) is 10.0 Å². The molecule has 2 saturated heterocycles. The highest BCUT2D eigenvalue weighted by atomic mass is 35.5. The number of anilines is 3. The number of morpholine rings is 1. The molecule has 0 atom stereocenters. The maximum atomic E-state index is 13.0. The van der Waals surface area contributed by atoms with Crippen LogP contribution in [0.25, 0.3) is 0 Å². The fourth-order valence-corrected chi connectivity index (χ4v) is 5.63. The van der Waals surface area contributed by atoms with Crippen LogP contribution < -0.4 is 14.5 Å². The third-order valence-corrected chi connectivity index (χ3v) is 7.57. The second kappa shape index (κ2) is 9.20. The second-order valence-corrected chi connectivity index (χ2v) is 10.2. The molecule has 8 nitrogen and oxygen atoms in total. The number of rotatable bonds is 4. The molecular weight excluding hydrogens is 463 g/mol. The van der Waals surface area contributed by atoms with Crippen LogP contribution in [0.5, 0.6) is 0 Å². The average molecular weight is 485 g/mol. The molecule has 31 heavy (non-hydrogen) atoms.